The van der Waals surface area contributed by atoms with Crippen LogP contribution in [0.3, 0.4) is 0 Å². The number of benzene rings is 1. The predicted molar refractivity (Wildman–Crippen MR) is 130 cm³/mol. The first-order chi connectivity index (χ1) is 15.6. The number of quaternary nitrogens is 1. The first-order valence-electron chi connectivity index (χ1n) is 10.5. The number of halogens is 2. The minimum atomic E-state index is -3.54. The van der Waals surface area contributed by atoms with Gasteiger partial charge in [-0.1, -0.05) is 35.3 Å². The first-order valence-corrected chi connectivity index (χ1v) is 13.1. The molecule has 0 fully saturated rings. The average Bonchev–Trinajstić information content (AvgIpc) is 3.13. The summed E-state index contributed by atoms with van der Waals surface area (Å²) in [6.07, 6.45) is 1.34. The Balaban J connectivity index is 2.10. The average molecular weight is 522 g/mol. The maximum Gasteiger partial charge on any atom is 0.434 e. The normalized spacial score (nSPS) is 13.9. The van der Waals surface area contributed by atoms with E-state index in [-0.39, 0.29) is 24.3 Å². The molecule has 0 saturated heterocycles. The maximum absolute atomic E-state index is 13.9. The fourth-order valence-electron chi connectivity index (χ4n) is 3.34. The number of rotatable bonds is 15. The highest BCUT2D eigenvalue weighted by molar-refractivity contribution is 7.54. The van der Waals surface area contributed by atoms with Crippen LogP contribution in [0.25, 0.3) is 0 Å². The van der Waals surface area contributed by atoms with E-state index in [9.17, 15) is 14.7 Å². The van der Waals surface area contributed by atoms with E-state index in [1.807, 2.05) is 18.2 Å². The monoisotopic (exact) mass is 521 g/mol. The molecule has 1 unspecified atom stereocenters. The number of likely N-dealkylation sites (N-methyl/N-ethyl adjacent to an activating group) is 1. The van der Waals surface area contributed by atoms with Crippen molar-refractivity contribution in [1.29, 1.82) is 0 Å². The molecule has 0 amide bonds. The number of nitrogens with zero attached hydrogens (tertiary/aromatic N) is 5. The largest absolute Gasteiger partial charge is 0.434 e. The lowest BCUT2D eigenvalue weighted by molar-refractivity contribution is -0.902. The summed E-state index contributed by atoms with van der Waals surface area (Å²) in [7, 11) is 2.18. The topological polar surface area (TPSA) is 103 Å². The minimum absolute atomic E-state index is 0.120. The number of nitro groups is 1. The van der Waals surface area contributed by atoms with Gasteiger partial charge in [-0.15, -0.1) is 23.2 Å². The molecule has 1 aromatic heterocycles. The molecule has 0 aliphatic carbocycles. The summed E-state index contributed by atoms with van der Waals surface area (Å²) in [4.78, 5) is 14.3. The van der Waals surface area contributed by atoms with Crippen molar-refractivity contribution in [2.75, 3.05) is 52.0 Å². The van der Waals surface area contributed by atoms with Crippen LogP contribution in [-0.4, -0.2) is 75.7 Å². The summed E-state index contributed by atoms with van der Waals surface area (Å²) < 4.78 is 23.3. The van der Waals surface area contributed by atoms with E-state index in [1.165, 1.54) is 23.4 Å². The summed E-state index contributed by atoms with van der Waals surface area (Å²) in [5.41, 5.74) is 1.64. The lowest BCUT2D eigenvalue weighted by Crippen LogP contribution is -2.44. The van der Waals surface area contributed by atoms with Crippen LogP contribution in [0.1, 0.15) is 11.3 Å². The van der Waals surface area contributed by atoms with Crippen molar-refractivity contribution in [3.8, 4) is 0 Å². The second-order valence-electron chi connectivity index (χ2n) is 8.20. The number of alkyl halides is 2. The Morgan fingerprint density at radius 1 is 1.24 bits per heavy atom. The molecule has 0 radical (unpaired) electrons. The summed E-state index contributed by atoms with van der Waals surface area (Å²) >= 11 is 11.9. The van der Waals surface area contributed by atoms with Crippen LogP contribution in [-0.2, 0) is 29.3 Å². The van der Waals surface area contributed by atoms with Crippen LogP contribution in [0, 0.1) is 10.1 Å². The van der Waals surface area contributed by atoms with Gasteiger partial charge in [0.1, 0.15) is 25.0 Å². The van der Waals surface area contributed by atoms with E-state index in [1.54, 1.807) is 4.67 Å². The number of hydrogen-bond acceptors (Lipinski definition) is 5. The number of aromatic nitrogens is 2. The van der Waals surface area contributed by atoms with E-state index in [2.05, 4.69) is 36.3 Å². The highest BCUT2D eigenvalue weighted by atomic mass is 35.5. The van der Waals surface area contributed by atoms with Crippen LogP contribution >= 0.6 is 30.9 Å². The van der Waals surface area contributed by atoms with Gasteiger partial charge in [-0.25, -0.2) is 14.3 Å². The van der Waals surface area contributed by atoms with E-state index < -0.39 is 12.6 Å². The molecule has 10 nitrogen and oxygen atoms in total. The standard InChI is InChI=1S/C20H32Cl2N6O4P/c1-25-19(15-23-20(25)27(29)30)17-32-33(31,26(12-9-21)13-10-22)24-11-14-28(2,3)16-18-7-5-4-6-8-18/h4-8,15H,9-14,16-17H2,1-3H3,(H,24,31)/q+1. The van der Waals surface area contributed by atoms with Crippen molar-refractivity contribution in [3.05, 3.63) is 57.9 Å². The van der Waals surface area contributed by atoms with Gasteiger partial charge in [0.05, 0.1) is 34.2 Å². The quantitative estimate of drug-likeness (QED) is 0.125. The third kappa shape index (κ3) is 8.33. The zero-order chi connectivity index (χ0) is 24.5. The van der Waals surface area contributed by atoms with Gasteiger partial charge >= 0.3 is 13.6 Å². The molecule has 0 aliphatic heterocycles. The maximum atomic E-state index is 13.9. The van der Waals surface area contributed by atoms with Crippen LogP contribution < -0.4 is 5.09 Å². The summed E-state index contributed by atoms with van der Waals surface area (Å²) in [5, 5.41) is 14.1. The molecular weight excluding hydrogens is 490 g/mol. The highest BCUT2D eigenvalue weighted by Gasteiger charge is 2.33. The number of nitrogens with one attached hydrogen (secondary N) is 1. The van der Waals surface area contributed by atoms with Gasteiger partial charge in [0.2, 0.25) is 0 Å². The molecule has 0 saturated carbocycles. The van der Waals surface area contributed by atoms with Crippen molar-refractivity contribution in [2.24, 2.45) is 7.05 Å². The lowest BCUT2D eigenvalue weighted by atomic mass is 10.2. The second kappa shape index (κ2) is 12.8. The molecule has 184 valence electrons. The Morgan fingerprint density at radius 2 is 1.88 bits per heavy atom. The summed E-state index contributed by atoms with van der Waals surface area (Å²) in [6.45, 7) is 2.43. The van der Waals surface area contributed by atoms with Crippen LogP contribution in [0.4, 0.5) is 5.95 Å². The molecule has 2 aromatic rings. The van der Waals surface area contributed by atoms with Gasteiger partial charge in [-0.05, 0) is 4.92 Å². The minimum Gasteiger partial charge on any atom is -0.390 e. The number of imidazole rings is 1. The Labute approximate surface area is 204 Å². The molecule has 1 N–H and O–H groups in total. The van der Waals surface area contributed by atoms with Crippen LogP contribution in [0.15, 0.2) is 36.5 Å². The van der Waals surface area contributed by atoms with E-state index in [4.69, 9.17) is 27.7 Å². The predicted octanol–water partition coefficient (Wildman–Crippen LogP) is 3.60. The smallest absolute Gasteiger partial charge is 0.390 e. The molecule has 1 aromatic carbocycles. The summed E-state index contributed by atoms with van der Waals surface area (Å²) in [5.74, 6) is 0.187. The van der Waals surface area contributed by atoms with Gasteiger partial charge in [0, 0.05) is 30.4 Å². The zero-order valence-electron chi connectivity index (χ0n) is 19.2. The lowest BCUT2D eigenvalue weighted by Gasteiger charge is -2.33. The molecule has 0 bridgehead atoms. The highest BCUT2D eigenvalue weighted by Crippen LogP contribution is 2.47. The second-order valence-corrected chi connectivity index (χ2v) is 11.1. The van der Waals surface area contributed by atoms with Crippen molar-refractivity contribution < 1.29 is 18.5 Å². The van der Waals surface area contributed by atoms with Crippen molar-refractivity contribution in [3.63, 3.8) is 0 Å². The Morgan fingerprint density at radius 3 is 2.42 bits per heavy atom. The third-order valence-electron chi connectivity index (χ3n) is 5.15. The Hall–Kier alpha value is -1.52. The van der Waals surface area contributed by atoms with Crippen molar-refractivity contribution in [1.82, 2.24) is 19.3 Å². The molecule has 1 atom stereocenters. The summed E-state index contributed by atoms with van der Waals surface area (Å²) in [6, 6.07) is 10.2. The van der Waals surface area contributed by atoms with E-state index in [0.717, 1.165) is 6.54 Å². The Kier molecular flexibility index (Phi) is 10.8. The first kappa shape index (κ1) is 27.7. The van der Waals surface area contributed by atoms with Gasteiger partial charge < -0.3 is 14.6 Å². The van der Waals surface area contributed by atoms with Gasteiger partial charge in [-0.2, -0.15) is 0 Å². The van der Waals surface area contributed by atoms with E-state index >= 15 is 0 Å². The zero-order valence-corrected chi connectivity index (χ0v) is 21.6. The van der Waals surface area contributed by atoms with Crippen LogP contribution in [0.5, 0.6) is 0 Å². The Bertz CT molecular complexity index is 938. The fourth-order valence-corrected chi connectivity index (χ4v) is 5.85. The fraction of sp³-hybridized carbons (Fsp3) is 0.550. The van der Waals surface area contributed by atoms with Crippen LogP contribution in [0.2, 0.25) is 0 Å². The molecule has 1 heterocycles. The van der Waals surface area contributed by atoms with Crippen molar-refractivity contribution >= 4 is 36.8 Å². The molecule has 33 heavy (non-hydrogen) atoms. The third-order valence-corrected chi connectivity index (χ3v) is 7.74. The SMILES string of the molecule is Cn1c(COP(=O)(NCC[N+](C)(C)Cc2ccccc2)N(CCCl)CCCl)cnc1[N+](=O)[O-]. The molecule has 0 aliphatic rings. The molecular formula is C20H32Cl2N6O4P+. The van der Waals surface area contributed by atoms with Gasteiger partial charge in [0.15, 0.2) is 0 Å². The molecule has 2 rings (SSSR count). The van der Waals surface area contributed by atoms with Gasteiger partial charge in [0.25, 0.3) is 0 Å². The number of hydrogen-bond donors (Lipinski definition) is 1. The van der Waals surface area contributed by atoms with Gasteiger partial charge in [-0.3, -0.25) is 9.09 Å². The molecule has 13 heteroatoms. The van der Waals surface area contributed by atoms with Crippen molar-refractivity contribution in [2.45, 2.75) is 13.2 Å². The van der Waals surface area contributed by atoms with E-state index in [0.29, 0.717) is 36.4 Å². The molecule has 0 spiro atoms.